The van der Waals surface area contributed by atoms with E-state index in [0.717, 1.165) is 28.4 Å². The van der Waals surface area contributed by atoms with Gasteiger partial charge in [0.1, 0.15) is 18.0 Å². The summed E-state index contributed by atoms with van der Waals surface area (Å²) >= 11 is 0. The fourth-order valence-corrected chi connectivity index (χ4v) is 2.13. The fourth-order valence-electron chi connectivity index (χ4n) is 2.13. The number of nitrogens with one attached hydrogen (secondary N) is 1. The summed E-state index contributed by atoms with van der Waals surface area (Å²) in [5, 5.41) is 3.01. The maximum Gasteiger partial charge on any atom is 0.138 e. The van der Waals surface area contributed by atoms with Gasteiger partial charge in [-0.2, -0.15) is 0 Å². The van der Waals surface area contributed by atoms with E-state index in [9.17, 15) is 0 Å². The average Bonchev–Trinajstić information content (AvgIpc) is 2.87. The largest absolute Gasteiger partial charge is 0.373 e. The minimum atomic E-state index is 0.792. The molecule has 0 radical (unpaired) electrons. The molecule has 6 nitrogen and oxygen atoms in total. The zero-order valence-corrected chi connectivity index (χ0v) is 11.7. The van der Waals surface area contributed by atoms with Crippen LogP contribution in [-0.2, 0) is 7.05 Å². The Morgan fingerprint density at radius 3 is 2.80 bits per heavy atom. The van der Waals surface area contributed by atoms with Gasteiger partial charge in [0, 0.05) is 32.9 Å². The maximum absolute atomic E-state index is 4.38. The Morgan fingerprint density at radius 2 is 2.00 bits per heavy atom. The summed E-state index contributed by atoms with van der Waals surface area (Å²) in [6.07, 6.45) is 3.37. The summed E-state index contributed by atoms with van der Waals surface area (Å²) in [4.78, 5) is 14.8. The molecule has 0 spiro atoms. The summed E-state index contributed by atoms with van der Waals surface area (Å²) in [6.45, 7) is 0. The van der Waals surface area contributed by atoms with Crippen molar-refractivity contribution in [1.29, 1.82) is 0 Å². The van der Waals surface area contributed by atoms with E-state index in [4.69, 9.17) is 0 Å². The summed E-state index contributed by atoms with van der Waals surface area (Å²) in [5.74, 6) is 1.63. The maximum atomic E-state index is 4.38. The van der Waals surface area contributed by atoms with Gasteiger partial charge in [0.2, 0.25) is 0 Å². The van der Waals surface area contributed by atoms with Crippen LogP contribution in [0, 0.1) is 0 Å². The topological polar surface area (TPSA) is 58.9 Å². The first-order valence-corrected chi connectivity index (χ1v) is 6.33. The molecule has 0 saturated carbocycles. The van der Waals surface area contributed by atoms with Gasteiger partial charge in [-0.05, 0) is 18.2 Å². The van der Waals surface area contributed by atoms with Crippen molar-refractivity contribution in [3.05, 3.63) is 36.9 Å². The Labute approximate surface area is 117 Å². The van der Waals surface area contributed by atoms with Crippen LogP contribution in [0.5, 0.6) is 0 Å². The van der Waals surface area contributed by atoms with E-state index < -0.39 is 0 Å². The van der Waals surface area contributed by atoms with Crippen molar-refractivity contribution in [2.75, 3.05) is 24.3 Å². The molecule has 0 fully saturated rings. The third kappa shape index (κ3) is 2.05. The molecule has 2 aromatic heterocycles. The van der Waals surface area contributed by atoms with Crippen molar-refractivity contribution in [2.45, 2.75) is 0 Å². The van der Waals surface area contributed by atoms with E-state index in [2.05, 4.69) is 38.5 Å². The first kappa shape index (κ1) is 12.4. The molecule has 1 aromatic carbocycles. The van der Waals surface area contributed by atoms with Crippen LogP contribution < -0.4 is 10.2 Å². The lowest BCUT2D eigenvalue weighted by Gasteiger charge is -2.18. The molecular weight excluding hydrogens is 252 g/mol. The van der Waals surface area contributed by atoms with Gasteiger partial charge in [-0.15, -0.1) is 0 Å². The Hall–Kier alpha value is -2.63. The van der Waals surface area contributed by atoms with Crippen LogP contribution in [0.3, 0.4) is 0 Å². The van der Waals surface area contributed by atoms with Crippen molar-refractivity contribution in [1.82, 2.24) is 19.5 Å². The van der Waals surface area contributed by atoms with Gasteiger partial charge >= 0.3 is 0 Å². The Morgan fingerprint density at radius 1 is 1.15 bits per heavy atom. The van der Waals surface area contributed by atoms with Crippen LogP contribution in [0.4, 0.5) is 17.3 Å². The second-order valence-corrected chi connectivity index (χ2v) is 4.60. The number of nitrogens with zero attached hydrogens (tertiary/aromatic N) is 5. The summed E-state index contributed by atoms with van der Waals surface area (Å²) in [7, 11) is 5.81. The van der Waals surface area contributed by atoms with Gasteiger partial charge < -0.3 is 14.8 Å². The Kier molecular flexibility index (Phi) is 2.98. The highest BCUT2D eigenvalue weighted by atomic mass is 15.2. The molecule has 0 bridgehead atoms. The molecule has 0 atom stereocenters. The van der Waals surface area contributed by atoms with Gasteiger partial charge in [-0.1, -0.05) is 0 Å². The molecule has 20 heavy (non-hydrogen) atoms. The third-order valence-corrected chi connectivity index (χ3v) is 3.35. The lowest BCUT2D eigenvalue weighted by Crippen LogP contribution is -2.11. The van der Waals surface area contributed by atoms with E-state index in [0.29, 0.717) is 0 Å². The number of aryl methyl sites for hydroxylation is 1. The lowest BCUT2D eigenvalue weighted by molar-refractivity contribution is 0.947. The fraction of sp³-hybridized carbons (Fsp3) is 0.214. The van der Waals surface area contributed by atoms with Crippen LogP contribution in [0.15, 0.2) is 36.9 Å². The Balaban J connectivity index is 2.00. The average molecular weight is 268 g/mol. The van der Waals surface area contributed by atoms with Crippen molar-refractivity contribution < 1.29 is 0 Å². The zero-order chi connectivity index (χ0) is 14.1. The SMILES string of the molecule is CNc1cc(N(C)c2ccc3c(c2)ncn3C)ncn1. The number of anilines is 3. The van der Waals surface area contributed by atoms with Crippen LogP contribution in [0.25, 0.3) is 11.0 Å². The van der Waals surface area contributed by atoms with E-state index >= 15 is 0 Å². The van der Waals surface area contributed by atoms with E-state index in [1.807, 2.05) is 43.0 Å². The summed E-state index contributed by atoms with van der Waals surface area (Å²) in [6, 6.07) is 8.08. The molecule has 102 valence electrons. The quantitative estimate of drug-likeness (QED) is 0.789. The second kappa shape index (κ2) is 4.80. The molecule has 0 unspecified atom stereocenters. The number of hydrogen-bond acceptors (Lipinski definition) is 5. The summed E-state index contributed by atoms with van der Waals surface area (Å²) in [5.41, 5.74) is 3.12. The van der Waals surface area contributed by atoms with E-state index in [1.165, 1.54) is 0 Å². The van der Waals surface area contributed by atoms with Crippen LogP contribution >= 0.6 is 0 Å². The smallest absolute Gasteiger partial charge is 0.138 e. The van der Waals surface area contributed by atoms with Gasteiger partial charge in [0.25, 0.3) is 0 Å². The number of imidazole rings is 1. The minimum Gasteiger partial charge on any atom is -0.373 e. The number of benzene rings is 1. The predicted octanol–water partition coefficient (Wildman–Crippen LogP) is 2.17. The van der Waals surface area contributed by atoms with Crippen LogP contribution in [0.2, 0.25) is 0 Å². The minimum absolute atomic E-state index is 0.792. The second-order valence-electron chi connectivity index (χ2n) is 4.60. The highest BCUT2D eigenvalue weighted by Gasteiger charge is 2.08. The molecule has 0 saturated heterocycles. The Bertz CT molecular complexity index is 748. The molecular formula is C14H16N6. The molecule has 0 amide bonds. The van der Waals surface area contributed by atoms with Crippen LogP contribution in [-0.4, -0.2) is 33.6 Å². The van der Waals surface area contributed by atoms with Crippen molar-refractivity contribution >= 4 is 28.4 Å². The zero-order valence-electron chi connectivity index (χ0n) is 11.7. The van der Waals surface area contributed by atoms with Gasteiger partial charge in [0.05, 0.1) is 17.4 Å². The monoisotopic (exact) mass is 268 g/mol. The molecule has 0 aliphatic carbocycles. The highest BCUT2D eigenvalue weighted by molar-refractivity contribution is 5.81. The first-order chi connectivity index (χ1) is 9.69. The van der Waals surface area contributed by atoms with Crippen LogP contribution in [0.1, 0.15) is 0 Å². The van der Waals surface area contributed by atoms with Crippen molar-refractivity contribution in [3.63, 3.8) is 0 Å². The molecule has 3 aromatic rings. The van der Waals surface area contributed by atoms with E-state index in [-0.39, 0.29) is 0 Å². The van der Waals surface area contributed by atoms with Gasteiger partial charge in [0.15, 0.2) is 0 Å². The molecule has 6 heteroatoms. The van der Waals surface area contributed by atoms with Crippen molar-refractivity contribution in [2.24, 2.45) is 7.05 Å². The molecule has 2 heterocycles. The standard InChI is InChI=1S/C14H16N6/c1-15-13-7-14(17-8-16-13)20(3)10-4-5-12-11(6-10)18-9-19(12)2/h4-9H,1-3H3,(H,15,16,17). The molecule has 3 rings (SSSR count). The number of fused-ring (bicyclic) bond motifs is 1. The number of aromatic nitrogens is 4. The van der Waals surface area contributed by atoms with Gasteiger partial charge in [-0.3, -0.25) is 0 Å². The van der Waals surface area contributed by atoms with Crippen molar-refractivity contribution in [3.8, 4) is 0 Å². The molecule has 0 aliphatic rings. The molecule has 0 aliphatic heterocycles. The number of hydrogen-bond donors (Lipinski definition) is 1. The summed E-state index contributed by atoms with van der Waals surface area (Å²) < 4.78 is 2.00. The normalized spacial score (nSPS) is 10.8. The molecule has 1 N–H and O–H groups in total. The lowest BCUT2D eigenvalue weighted by atomic mass is 10.2. The number of rotatable bonds is 3. The third-order valence-electron chi connectivity index (χ3n) is 3.35. The predicted molar refractivity (Wildman–Crippen MR) is 80.4 cm³/mol. The van der Waals surface area contributed by atoms with Gasteiger partial charge in [-0.25, -0.2) is 15.0 Å². The van der Waals surface area contributed by atoms with E-state index in [1.54, 1.807) is 6.33 Å². The first-order valence-electron chi connectivity index (χ1n) is 6.33. The highest BCUT2D eigenvalue weighted by Crippen LogP contribution is 2.25.